The number of nitrogens with one attached hydrogen (secondary N) is 1. The van der Waals surface area contributed by atoms with E-state index in [9.17, 15) is 10.0 Å². The standard InChI is InChI=1S/C21H24N2O2/c1-20(2)21(3,4)23(25)19(22-20)14-18(24)17-12-10-16(11-13-17)15-8-6-5-7-9-15/h5-14,22,25H,1-4H3/b19-14+. The molecule has 0 atom stereocenters. The summed E-state index contributed by atoms with van der Waals surface area (Å²) in [5, 5.41) is 14.8. The first-order valence-corrected chi connectivity index (χ1v) is 8.41. The Morgan fingerprint density at radius 2 is 1.52 bits per heavy atom. The fraction of sp³-hybridized carbons (Fsp3) is 0.286. The molecule has 1 saturated heterocycles. The number of hydrogen-bond donors (Lipinski definition) is 2. The Morgan fingerprint density at radius 1 is 0.960 bits per heavy atom. The van der Waals surface area contributed by atoms with E-state index in [0.717, 1.165) is 16.2 Å². The maximum atomic E-state index is 12.6. The average Bonchev–Trinajstić information content (AvgIpc) is 2.75. The highest BCUT2D eigenvalue weighted by Crippen LogP contribution is 2.36. The van der Waals surface area contributed by atoms with Gasteiger partial charge in [-0.2, -0.15) is 0 Å². The minimum atomic E-state index is -0.518. The minimum absolute atomic E-state index is 0.144. The van der Waals surface area contributed by atoms with Crippen molar-refractivity contribution in [3.8, 4) is 11.1 Å². The molecule has 1 fully saturated rings. The van der Waals surface area contributed by atoms with E-state index < -0.39 is 5.54 Å². The van der Waals surface area contributed by atoms with Crippen LogP contribution in [-0.2, 0) is 0 Å². The van der Waals surface area contributed by atoms with Crippen molar-refractivity contribution in [2.24, 2.45) is 0 Å². The quantitative estimate of drug-likeness (QED) is 0.650. The molecule has 1 aliphatic heterocycles. The molecule has 0 spiro atoms. The summed E-state index contributed by atoms with van der Waals surface area (Å²) < 4.78 is 0. The number of allylic oxidation sites excluding steroid dienone is 1. The average molecular weight is 336 g/mol. The molecule has 1 aliphatic rings. The van der Waals surface area contributed by atoms with E-state index in [2.05, 4.69) is 5.32 Å². The van der Waals surface area contributed by atoms with Gasteiger partial charge in [-0.25, -0.2) is 5.06 Å². The lowest BCUT2D eigenvalue weighted by Crippen LogP contribution is -2.52. The van der Waals surface area contributed by atoms with Crippen molar-refractivity contribution < 1.29 is 10.0 Å². The second kappa shape index (κ2) is 6.05. The van der Waals surface area contributed by atoms with Gasteiger partial charge in [-0.1, -0.05) is 54.6 Å². The maximum absolute atomic E-state index is 12.6. The third-order valence-corrected chi connectivity index (χ3v) is 5.27. The molecule has 0 bridgehead atoms. The summed E-state index contributed by atoms with van der Waals surface area (Å²) in [7, 11) is 0. The SMILES string of the molecule is CC1(C)N/C(=C\C(=O)c2ccc(-c3ccccc3)cc2)N(O)C1(C)C. The van der Waals surface area contributed by atoms with Crippen LogP contribution in [0.25, 0.3) is 11.1 Å². The van der Waals surface area contributed by atoms with Gasteiger partial charge in [0.1, 0.15) is 5.82 Å². The number of nitrogens with zero attached hydrogens (tertiary/aromatic N) is 1. The highest BCUT2D eigenvalue weighted by molar-refractivity contribution is 6.05. The van der Waals surface area contributed by atoms with Crippen LogP contribution in [0.5, 0.6) is 0 Å². The Balaban J connectivity index is 1.83. The Labute approximate surface area is 148 Å². The van der Waals surface area contributed by atoms with Gasteiger partial charge in [0.25, 0.3) is 0 Å². The van der Waals surface area contributed by atoms with Crippen molar-refractivity contribution in [1.29, 1.82) is 0 Å². The van der Waals surface area contributed by atoms with Gasteiger partial charge in [0, 0.05) is 11.6 Å². The van der Waals surface area contributed by atoms with E-state index in [1.54, 1.807) is 0 Å². The lowest BCUT2D eigenvalue weighted by atomic mass is 9.84. The molecular formula is C21H24N2O2. The number of rotatable bonds is 3. The van der Waals surface area contributed by atoms with Crippen molar-refractivity contribution in [3.05, 3.63) is 72.1 Å². The van der Waals surface area contributed by atoms with Crippen LogP contribution < -0.4 is 5.32 Å². The first kappa shape index (κ1) is 17.2. The fourth-order valence-corrected chi connectivity index (χ4v) is 2.85. The first-order chi connectivity index (χ1) is 11.7. The zero-order valence-electron chi connectivity index (χ0n) is 15.1. The van der Waals surface area contributed by atoms with Gasteiger partial charge in [0.2, 0.25) is 0 Å². The Morgan fingerprint density at radius 3 is 2.04 bits per heavy atom. The smallest absolute Gasteiger partial charge is 0.189 e. The Bertz CT molecular complexity index is 806. The zero-order chi connectivity index (χ0) is 18.2. The minimum Gasteiger partial charge on any atom is -0.363 e. The molecule has 2 aromatic rings. The summed E-state index contributed by atoms with van der Waals surface area (Å²) in [6, 6.07) is 17.5. The number of benzene rings is 2. The summed E-state index contributed by atoms with van der Waals surface area (Å²) in [5.74, 6) is 0.279. The van der Waals surface area contributed by atoms with Crippen molar-refractivity contribution in [3.63, 3.8) is 0 Å². The number of hydrogen-bond acceptors (Lipinski definition) is 4. The van der Waals surface area contributed by atoms with Crippen molar-refractivity contribution in [1.82, 2.24) is 10.4 Å². The van der Waals surface area contributed by atoms with Gasteiger partial charge in [0.15, 0.2) is 5.78 Å². The Hall–Kier alpha value is -2.59. The summed E-state index contributed by atoms with van der Waals surface area (Å²) in [5.41, 5.74) is 1.89. The maximum Gasteiger partial charge on any atom is 0.189 e. The molecule has 25 heavy (non-hydrogen) atoms. The van der Waals surface area contributed by atoms with Gasteiger partial charge in [-0.3, -0.25) is 10.0 Å². The van der Waals surface area contributed by atoms with Crippen molar-refractivity contribution >= 4 is 5.78 Å². The van der Waals surface area contributed by atoms with E-state index in [4.69, 9.17) is 0 Å². The van der Waals surface area contributed by atoms with Crippen LogP contribution in [0.2, 0.25) is 0 Å². The summed E-state index contributed by atoms with van der Waals surface area (Å²) in [6.45, 7) is 7.85. The second-order valence-electron chi connectivity index (χ2n) is 7.46. The van der Waals surface area contributed by atoms with E-state index >= 15 is 0 Å². The normalized spacial score (nSPS) is 19.7. The van der Waals surface area contributed by atoms with Gasteiger partial charge in [-0.15, -0.1) is 0 Å². The predicted octanol–water partition coefficient (Wildman–Crippen LogP) is 4.23. The van der Waals surface area contributed by atoms with Crippen LogP contribution >= 0.6 is 0 Å². The fourth-order valence-electron chi connectivity index (χ4n) is 2.85. The zero-order valence-corrected chi connectivity index (χ0v) is 15.1. The highest BCUT2D eigenvalue weighted by atomic mass is 16.5. The summed E-state index contributed by atoms with van der Waals surface area (Å²) in [6.07, 6.45) is 1.45. The molecule has 0 radical (unpaired) electrons. The van der Waals surface area contributed by atoms with E-state index in [-0.39, 0.29) is 11.3 Å². The van der Waals surface area contributed by atoms with Crippen LogP contribution in [-0.4, -0.2) is 27.1 Å². The van der Waals surface area contributed by atoms with E-state index in [1.165, 1.54) is 6.08 Å². The molecule has 0 unspecified atom stereocenters. The molecule has 0 aliphatic carbocycles. The van der Waals surface area contributed by atoms with Crippen molar-refractivity contribution in [2.75, 3.05) is 0 Å². The van der Waals surface area contributed by atoms with Crippen LogP contribution in [0.15, 0.2) is 66.5 Å². The van der Waals surface area contributed by atoms with Gasteiger partial charge in [-0.05, 0) is 38.8 Å². The first-order valence-electron chi connectivity index (χ1n) is 8.41. The number of carbonyl (C=O) groups excluding carboxylic acids is 1. The molecule has 4 heteroatoms. The highest BCUT2D eigenvalue weighted by Gasteiger charge is 2.49. The molecule has 2 N–H and O–H groups in total. The van der Waals surface area contributed by atoms with E-state index in [0.29, 0.717) is 11.4 Å². The molecule has 2 aromatic carbocycles. The summed E-state index contributed by atoms with van der Waals surface area (Å²) >= 11 is 0. The molecule has 1 heterocycles. The molecule has 0 aromatic heterocycles. The van der Waals surface area contributed by atoms with Gasteiger partial charge >= 0.3 is 0 Å². The Kier molecular flexibility index (Phi) is 4.17. The lowest BCUT2D eigenvalue weighted by molar-refractivity contribution is -0.122. The lowest BCUT2D eigenvalue weighted by Gasteiger charge is -2.36. The largest absolute Gasteiger partial charge is 0.363 e. The monoisotopic (exact) mass is 336 g/mol. The topological polar surface area (TPSA) is 52.6 Å². The molecule has 0 saturated carbocycles. The molecule has 0 amide bonds. The third-order valence-electron chi connectivity index (χ3n) is 5.27. The van der Waals surface area contributed by atoms with Gasteiger partial charge < -0.3 is 5.32 Å². The number of hydroxylamine groups is 2. The van der Waals surface area contributed by atoms with Crippen molar-refractivity contribution in [2.45, 2.75) is 38.8 Å². The predicted molar refractivity (Wildman–Crippen MR) is 99.2 cm³/mol. The van der Waals surface area contributed by atoms with Gasteiger partial charge in [0.05, 0.1) is 11.1 Å². The van der Waals surface area contributed by atoms with E-state index in [1.807, 2.05) is 82.3 Å². The van der Waals surface area contributed by atoms with Crippen LogP contribution in [0.3, 0.4) is 0 Å². The second-order valence-corrected chi connectivity index (χ2v) is 7.46. The number of ketones is 1. The molecule has 4 nitrogen and oxygen atoms in total. The van der Waals surface area contributed by atoms with Crippen LogP contribution in [0.4, 0.5) is 0 Å². The summed E-state index contributed by atoms with van der Waals surface area (Å²) in [4.78, 5) is 12.6. The molecule has 130 valence electrons. The van der Waals surface area contributed by atoms with Crippen LogP contribution in [0.1, 0.15) is 38.1 Å². The third kappa shape index (κ3) is 3.05. The molecular weight excluding hydrogens is 312 g/mol. The number of carbonyl (C=O) groups is 1. The van der Waals surface area contributed by atoms with Crippen LogP contribution in [0, 0.1) is 0 Å². The molecule has 3 rings (SSSR count).